The molecule has 5 atom stereocenters. The molecule has 2 aliphatic rings. The van der Waals surface area contributed by atoms with Crippen molar-refractivity contribution in [3.8, 4) is 0 Å². The van der Waals surface area contributed by atoms with E-state index in [1.165, 1.54) is 12.8 Å². The predicted molar refractivity (Wildman–Crippen MR) is 82.0 cm³/mol. The fourth-order valence-electron chi connectivity index (χ4n) is 3.43. The summed E-state index contributed by atoms with van der Waals surface area (Å²) in [6.45, 7) is 8.21. The van der Waals surface area contributed by atoms with Gasteiger partial charge in [-0.2, -0.15) is 0 Å². The Kier molecular flexibility index (Phi) is 6.02. The van der Waals surface area contributed by atoms with E-state index in [9.17, 15) is 9.90 Å². The molecule has 0 spiro atoms. The minimum Gasteiger partial charge on any atom is -0.394 e. The van der Waals surface area contributed by atoms with Gasteiger partial charge in [-0.15, -0.1) is 0 Å². The molecule has 2 N–H and O–H groups in total. The van der Waals surface area contributed by atoms with E-state index >= 15 is 0 Å². The van der Waals surface area contributed by atoms with Gasteiger partial charge >= 0.3 is 0 Å². The molecule has 0 aromatic rings. The summed E-state index contributed by atoms with van der Waals surface area (Å²) in [5.41, 5.74) is 0. The number of nitrogens with one attached hydrogen (secondary N) is 1. The molecule has 0 bridgehead atoms. The van der Waals surface area contributed by atoms with Crippen LogP contribution in [0.4, 0.5) is 0 Å². The molecule has 0 aromatic heterocycles. The van der Waals surface area contributed by atoms with E-state index in [1.54, 1.807) is 0 Å². The van der Waals surface area contributed by atoms with E-state index in [1.807, 2.05) is 0 Å². The Bertz CT molecular complexity index is 350. The van der Waals surface area contributed by atoms with E-state index in [0.717, 1.165) is 6.42 Å². The predicted octanol–water partition coefficient (Wildman–Crippen LogP) is 1.01. The average Bonchev–Trinajstić information content (AvgIpc) is 2.46. The van der Waals surface area contributed by atoms with Gasteiger partial charge in [0.25, 0.3) is 0 Å². The first-order valence-corrected chi connectivity index (χ1v) is 8.27. The van der Waals surface area contributed by atoms with Gasteiger partial charge in [0, 0.05) is 18.6 Å². The van der Waals surface area contributed by atoms with Crippen LogP contribution >= 0.6 is 0 Å². The quantitative estimate of drug-likeness (QED) is 0.813. The number of carbonyl (C=O) groups is 1. The highest BCUT2D eigenvalue weighted by Gasteiger charge is 2.30. The van der Waals surface area contributed by atoms with Gasteiger partial charge in [-0.05, 0) is 25.2 Å². The first-order valence-electron chi connectivity index (χ1n) is 8.27. The highest BCUT2D eigenvalue weighted by atomic mass is 16.5. The van der Waals surface area contributed by atoms with E-state index in [0.29, 0.717) is 37.6 Å². The van der Waals surface area contributed by atoms with Crippen LogP contribution in [0.1, 0.15) is 40.0 Å². The molecule has 1 saturated carbocycles. The molecule has 1 heterocycles. The molecule has 0 radical (unpaired) electrons. The zero-order valence-electron chi connectivity index (χ0n) is 13.5. The molecule has 5 unspecified atom stereocenters. The van der Waals surface area contributed by atoms with Crippen molar-refractivity contribution in [1.82, 2.24) is 10.2 Å². The van der Waals surface area contributed by atoms with Crippen molar-refractivity contribution in [2.45, 2.75) is 58.2 Å². The number of aliphatic hydroxyl groups is 1. The van der Waals surface area contributed by atoms with Crippen LogP contribution in [0, 0.1) is 11.8 Å². The van der Waals surface area contributed by atoms with Crippen molar-refractivity contribution >= 4 is 5.91 Å². The summed E-state index contributed by atoms with van der Waals surface area (Å²) in [5.74, 6) is 1.34. The van der Waals surface area contributed by atoms with Crippen LogP contribution < -0.4 is 5.32 Å². The Labute approximate surface area is 128 Å². The third kappa shape index (κ3) is 4.41. The second kappa shape index (κ2) is 7.56. The Hall–Kier alpha value is -0.650. The minimum absolute atomic E-state index is 0.0159. The van der Waals surface area contributed by atoms with Crippen molar-refractivity contribution in [1.29, 1.82) is 0 Å². The van der Waals surface area contributed by atoms with Crippen LogP contribution in [0.15, 0.2) is 0 Å². The molecular weight excluding hydrogens is 268 g/mol. The summed E-state index contributed by atoms with van der Waals surface area (Å²) in [4.78, 5) is 14.4. The SMILES string of the molecule is CC1CCCC(NC(=O)CN2CC(CO)OCC2C)C1C. The van der Waals surface area contributed by atoms with Crippen molar-refractivity contribution in [2.24, 2.45) is 11.8 Å². The molecule has 1 amide bonds. The van der Waals surface area contributed by atoms with Crippen LogP contribution in [0.2, 0.25) is 0 Å². The lowest BCUT2D eigenvalue weighted by molar-refractivity contribution is -0.129. The molecule has 5 heteroatoms. The number of aliphatic hydroxyl groups excluding tert-OH is 1. The summed E-state index contributed by atoms with van der Waals surface area (Å²) in [7, 11) is 0. The highest BCUT2D eigenvalue weighted by molar-refractivity contribution is 5.78. The van der Waals surface area contributed by atoms with Crippen molar-refractivity contribution in [3.05, 3.63) is 0 Å². The Morgan fingerprint density at radius 1 is 1.33 bits per heavy atom. The molecule has 1 aliphatic carbocycles. The fourth-order valence-corrected chi connectivity index (χ4v) is 3.43. The summed E-state index contributed by atoms with van der Waals surface area (Å²) >= 11 is 0. The lowest BCUT2D eigenvalue weighted by atomic mass is 9.78. The first kappa shape index (κ1) is 16.7. The Morgan fingerprint density at radius 3 is 2.81 bits per heavy atom. The lowest BCUT2D eigenvalue weighted by Crippen LogP contribution is -2.54. The van der Waals surface area contributed by atoms with Crippen LogP contribution in [-0.2, 0) is 9.53 Å². The third-order valence-electron chi connectivity index (χ3n) is 5.24. The smallest absolute Gasteiger partial charge is 0.234 e. The second-order valence-corrected chi connectivity index (χ2v) is 6.86. The minimum atomic E-state index is -0.164. The van der Waals surface area contributed by atoms with Gasteiger partial charge in [0.2, 0.25) is 5.91 Å². The summed E-state index contributed by atoms with van der Waals surface area (Å²) < 4.78 is 5.51. The van der Waals surface area contributed by atoms with Gasteiger partial charge in [0.15, 0.2) is 0 Å². The fraction of sp³-hybridized carbons (Fsp3) is 0.938. The number of hydrogen-bond acceptors (Lipinski definition) is 4. The topological polar surface area (TPSA) is 61.8 Å². The van der Waals surface area contributed by atoms with Gasteiger partial charge in [0.05, 0.1) is 25.9 Å². The van der Waals surface area contributed by atoms with Crippen LogP contribution in [0.5, 0.6) is 0 Å². The molecule has 2 fully saturated rings. The molecule has 1 saturated heterocycles. The normalized spacial score (nSPS) is 38.2. The van der Waals surface area contributed by atoms with Crippen LogP contribution in [0.25, 0.3) is 0 Å². The van der Waals surface area contributed by atoms with Gasteiger partial charge < -0.3 is 15.2 Å². The van der Waals surface area contributed by atoms with E-state index in [4.69, 9.17) is 4.74 Å². The van der Waals surface area contributed by atoms with Gasteiger partial charge in [0.1, 0.15) is 0 Å². The standard InChI is InChI=1S/C16H30N2O3/c1-11-5-4-6-15(13(11)3)17-16(20)8-18-7-14(9-19)21-10-12(18)2/h11-15,19H,4-10H2,1-3H3,(H,17,20). The summed E-state index contributed by atoms with van der Waals surface area (Å²) in [6.07, 6.45) is 3.40. The van der Waals surface area contributed by atoms with E-state index in [-0.39, 0.29) is 24.7 Å². The van der Waals surface area contributed by atoms with E-state index in [2.05, 4.69) is 31.0 Å². The lowest BCUT2D eigenvalue weighted by Gasteiger charge is -2.38. The number of rotatable bonds is 4. The van der Waals surface area contributed by atoms with Gasteiger partial charge in [-0.25, -0.2) is 0 Å². The van der Waals surface area contributed by atoms with Crippen molar-refractivity contribution in [2.75, 3.05) is 26.3 Å². The molecular formula is C16H30N2O3. The highest BCUT2D eigenvalue weighted by Crippen LogP contribution is 2.29. The number of carbonyl (C=O) groups excluding carboxylic acids is 1. The molecule has 1 aliphatic heterocycles. The number of amides is 1. The number of hydrogen-bond donors (Lipinski definition) is 2. The first-order chi connectivity index (χ1) is 10.0. The van der Waals surface area contributed by atoms with Crippen molar-refractivity contribution < 1.29 is 14.6 Å². The number of nitrogens with zero attached hydrogens (tertiary/aromatic N) is 1. The van der Waals surface area contributed by atoms with Crippen molar-refractivity contribution in [3.63, 3.8) is 0 Å². The molecule has 2 rings (SSSR count). The number of ether oxygens (including phenoxy) is 1. The zero-order chi connectivity index (χ0) is 15.4. The second-order valence-electron chi connectivity index (χ2n) is 6.86. The maximum atomic E-state index is 12.3. The summed E-state index contributed by atoms with van der Waals surface area (Å²) in [6, 6.07) is 0.535. The Morgan fingerprint density at radius 2 is 2.10 bits per heavy atom. The molecule has 122 valence electrons. The van der Waals surface area contributed by atoms with Crippen LogP contribution in [0.3, 0.4) is 0 Å². The van der Waals surface area contributed by atoms with Gasteiger partial charge in [-0.3, -0.25) is 9.69 Å². The molecule has 5 nitrogen and oxygen atoms in total. The zero-order valence-corrected chi connectivity index (χ0v) is 13.5. The maximum absolute atomic E-state index is 12.3. The molecule has 21 heavy (non-hydrogen) atoms. The average molecular weight is 298 g/mol. The summed E-state index contributed by atoms with van der Waals surface area (Å²) in [5, 5.41) is 12.4. The largest absolute Gasteiger partial charge is 0.394 e. The van der Waals surface area contributed by atoms with Gasteiger partial charge in [-0.1, -0.05) is 26.7 Å². The molecule has 0 aromatic carbocycles. The maximum Gasteiger partial charge on any atom is 0.234 e. The third-order valence-corrected chi connectivity index (χ3v) is 5.24. The Balaban J connectivity index is 1.83. The number of morpholine rings is 1. The van der Waals surface area contributed by atoms with Crippen LogP contribution in [-0.4, -0.2) is 60.4 Å². The monoisotopic (exact) mass is 298 g/mol. The van der Waals surface area contributed by atoms with E-state index < -0.39 is 0 Å².